The van der Waals surface area contributed by atoms with E-state index in [9.17, 15) is 9.59 Å². The van der Waals surface area contributed by atoms with Crippen molar-refractivity contribution in [3.05, 3.63) is 40.4 Å². The van der Waals surface area contributed by atoms with Gasteiger partial charge in [-0.3, -0.25) is 14.5 Å². The number of nitrogens with one attached hydrogen (secondary N) is 1. The van der Waals surface area contributed by atoms with E-state index in [2.05, 4.69) is 15.2 Å². The summed E-state index contributed by atoms with van der Waals surface area (Å²) in [7, 11) is 1.54. The highest BCUT2D eigenvalue weighted by Gasteiger charge is 2.22. The van der Waals surface area contributed by atoms with Crippen LogP contribution in [0.2, 0.25) is 0 Å². The molecule has 2 heterocycles. The maximum absolute atomic E-state index is 13.3. The number of rotatable bonds is 9. The monoisotopic (exact) mass is 446 g/mol. The number of morpholine rings is 1. The van der Waals surface area contributed by atoms with Gasteiger partial charge in [-0.25, -0.2) is 4.98 Å². The summed E-state index contributed by atoms with van der Waals surface area (Å²) >= 11 is 1.43. The van der Waals surface area contributed by atoms with Crippen molar-refractivity contribution in [1.82, 2.24) is 14.8 Å². The van der Waals surface area contributed by atoms with Crippen LogP contribution in [0.5, 0.6) is 5.75 Å². The molecule has 1 aromatic carbocycles. The molecule has 2 aromatic rings. The summed E-state index contributed by atoms with van der Waals surface area (Å²) < 4.78 is 10.7. The molecule has 0 spiro atoms. The summed E-state index contributed by atoms with van der Waals surface area (Å²) in [6.07, 6.45) is 0.767. The molecule has 0 radical (unpaired) electrons. The lowest BCUT2D eigenvalue weighted by molar-refractivity contribution is -0.116. The van der Waals surface area contributed by atoms with E-state index in [1.807, 2.05) is 19.9 Å². The van der Waals surface area contributed by atoms with Crippen LogP contribution >= 0.6 is 11.3 Å². The Morgan fingerprint density at radius 1 is 1.26 bits per heavy atom. The van der Waals surface area contributed by atoms with Gasteiger partial charge in [-0.15, -0.1) is 11.3 Å². The number of methoxy groups -OCH3 is 1. The van der Waals surface area contributed by atoms with Crippen LogP contribution in [0.3, 0.4) is 0 Å². The number of hydrogen-bond donors (Lipinski definition) is 1. The smallest absolute Gasteiger partial charge is 0.258 e. The average Bonchev–Trinajstić information content (AvgIpc) is 3.09. The molecule has 0 unspecified atom stereocenters. The molecule has 1 aliphatic heterocycles. The van der Waals surface area contributed by atoms with Crippen LogP contribution in [0, 0.1) is 13.8 Å². The SMILES string of the molecule is COc1ccccc1C(=O)N(CCCN1CCOCC1)CC(=O)Nc1nc(C)c(C)s1. The molecule has 0 bridgehead atoms. The number of para-hydroxylation sites is 1. The van der Waals surface area contributed by atoms with E-state index < -0.39 is 0 Å². The number of thiazole rings is 1. The summed E-state index contributed by atoms with van der Waals surface area (Å²) in [5.74, 6) is 0.0155. The first-order valence-corrected chi connectivity index (χ1v) is 11.3. The molecule has 0 saturated carbocycles. The van der Waals surface area contributed by atoms with Gasteiger partial charge in [0.1, 0.15) is 12.3 Å². The Bertz CT molecular complexity index is 876. The second kappa shape index (κ2) is 11.2. The lowest BCUT2D eigenvalue weighted by Gasteiger charge is -2.28. The van der Waals surface area contributed by atoms with Crippen molar-refractivity contribution in [1.29, 1.82) is 0 Å². The van der Waals surface area contributed by atoms with Gasteiger partial charge in [0.2, 0.25) is 5.91 Å². The van der Waals surface area contributed by atoms with Gasteiger partial charge in [0.15, 0.2) is 5.13 Å². The third kappa shape index (κ3) is 6.49. The second-order valence-corrected chi connectivity index (χ2v) is 8.65. The lowest BCUT2D eigenvalue weighted by Crippen LogP contribution is -2.41. The molecule has 0 aliphatic carbocycles. The summed E-state index contributed by atoms with van der Waals surface area (Å²) in [4.78, 5) is 35.3. The number of anilines is 1. The van der Waals surface area contributed by atoms with Crippen LogP contribution in [0.4, 0.5) is 5.13 Å². The molecule has 1 N–H and O–H groups in total. The van der Waals surface area contributed by atoms with Crippen LogP contribution in [0.15, 0.2) is 24.3 Å². The molecule has 1 fully saturated rings. The highest BCUT2D eigenvalue weighted by Crippen LogP contribution is 2.22. The number of carbonyl (C=O) groups excluding carboxylic acids is 2. The Morgan fingerprint density at radius 3 is 2.68 bits per heavy atom. The minimum atomic E-state index is -0.261. The van der Waals surface area contributed by atoms with Crippen molar-refractivity contribution in [3.8, 4) is 5.75 Å². The molecular weight excluding hydrogens is 416 g/mol. The second-order valence-electron chi connectivity index (χ2n) is 7.44. The van der Waals surface area contributed by atoms with Gasteiger partial charge in [-0.1, -0.05) is 12.1 Å². The maximum Gasteiger partial charge on any atom is 0.258 e. The van der Waals surface area contributed by atoms with E-state index in [0.717, 1.165) is 49.8 Å². The fourth-order valence-corrected chi connectivity index (χ4v) is 4.24. The van der Waals surface area contributed by atoms with Gasteiger partial charge in [0.05, 0.1) is 31.6 Å². The molecule has 1 saturated heterocycles. The predicted molar refractivity (Wildman–Crippen MR) is 121 cm³/mol. The van der Waals surface area contributed by atoms with E-state index in [1.54, 1.807) is 23.1 Å². The standard InChI is InChI=1S/C22H30N4O4S/c1-16-17(2)31-22(23-16)24-20(27)15-26(10-6-9-25-11-13-30-14-12-25)21(28)18-7-4-5-8-19(18)29-3/h4-5,7-8H,6,9-15H2,1-3H3,(H,23,24,27). The van der Waals surface area contributed by atoms with Crippen molar-refractivity contribution in [2.24, 2.45) is 0 Å². The van der Waals surface area contributed by atoms with E-state index in [0.29, 0.717) is 23.0 Å². The summed E-state index contributed by atoms with van der Waals surface area (Å²) in [5, 5.41) is 3.38. The molecule has 3 rings (SSSR count). The van der Waals surface area contributed by atoms with Crippen molar-refractivity contribution in [2.75, 3.05) is 58.4 Å². The number of aryl methyl sites for hydroxylation is 2. The minimum absolute atomic E-state index is 0.0440. The zero-order valence-electron chi connectivity index (χ0n) is 18.3. The van der Waals surface area contributed by atoms with Crippen LogP contribution < -0.4 is 10.1 Å². The average molecular weight is 447 g/mol. The molecule has 1 aromatic heterocycles. The molecule has 8 nitrogen and oxygen atoms in total. The van der Waals surface area contributed by atoms with Gasteiger partial charge in [-0.05, 0) is 32.4 Å². The van der Waals surface area contributed by atoms with Crippen LogP contribution in [-0.2, 0) is 9.53 Å². The third-order valence-electron chi connectivity index (χ3n) is 5.24. The zero-order valence-corrected chi connectivity index (χ0v) is 19.2. The van der Waals surface area contributed by atoms with Gasteiger partial charge in [0.25, 0.3) is 5.91 Å². The van der Waals surface area contributed by atoms with Crippen molar-refractivity contribution < 1.29 is 19.1 Å². The first kappa shape index (κ1) is 23.2. The number of nitrogens with zero attached hydrogens (tertiary/aromatic N) is 3. The van der Waals surface area contributed by atoms with Gasteiger partial charge < -0.3 is 19.7 Å². The fraction of sp³-hybridized carbons (Fsp3) is 0.500. The Labute approximate surface area is 187 Å². The molecule has 1 aliphatic rings. The number of aromatic nitrogens is 1. The van der Waals surface area contributed by atoms with Gasteiger partial charge in [0, 0.05) is 31.1 Å². The van der Waals surface area contributed by atoms with Gasteiger partial charge in [-0.2, -0.15) is 0 Å². The number of carbonyl (C=O) groups is 2. The highest BCUT2D eigenvalue weighted by atomic mass is 32.1. The maximum atomic E-state index is 13.3. The summed E-state index contributed by atoms with van der Waals surface area (Å²) in [5.41, 5.74) is 1.35. The van der Waals surface area contributed by atoms with Crippen molar-refractivity contribution in [3.63, 3.8) is 0 Å². The Morgan fingerprint density at radius 2 is 2.00 bits per heavy atom. The highest BCUT2D eigenvalue weighted by molar-refractivity contribution is 7.15. The quantitative estimate of drug-likeness (QED) is 0.637. The Balaban J connectivity index is 1.67. The molecule has 2 amide bonds. The number of benzene rings is 1. The molecule has 168 valence electrons. The Kier molecular flexibility index (Phi) is 8.39. The fourth-order valence-electron chi connectivity index (χ4n) is 3.41. The number of amides is 2. The summed E-state index contributed by atoms with van der Waals surface area (Å²) in [6.45, 7) is 8.41. The third-order valence-corrected chi connectivity index (χ3v) is 6.23. The van der Waals surface area contributed by atoms with E-state index in [-0.39, 0.29) is 18.4 Å². The lowest BCUT2D eigenvalue weighted by atomic mass is 10.1. The van der Waals surface area contributed by atoms with E-state index >= 15 is 0 Å². The topological polar surface area (TPSA) is 84.0 Å². The van der Waals surface area contributed by atoms with Crippen LogP contribution in [0.1, 0.15) is 27.3 Å². The van der Waals surface area contributed by atoms with E-state index in [1.165, 1.54) is 18.4 Å². The molecule has 31 heavy (non-hydrogen) atoms. The van der Waals surface area contributed by atoms with Crippen LogP contribution in [-0.4, -0.2) is 79.6 Å². The van der Waals surface area contributed by atoms with Crippen LogP contribution in [0.25, 0.3) is 0 Å². The summed E-state index contributed by atoms with van der Waals surface area (Å²) in [6, 6.07) is 7.09. The number of ether oxygens (including phenoxy) is 2. The molecule has 9 heteroatoms. The normalized spacial score (nSPS) is 14.3. The first-order valence-electron chi connectivity index (χ1n) is 10.4. The molecule has 0 atom stereocenters. The Hall–Kier alpha value is -2.49. The largest absolute Gasteiger partial charge is 0.496 e. The predicted octanol–water partition coefficient (Wildman–Crippen LogP) is 2.57. The number of hydrogen-bond acceptors (Lipinski definition) is 7. The molecular formula is C22H30N4O4S. The van der Waals surface area contributed by atoms with E-state index in [4.69, 9.17) is 9.47 Å². The van der Waals surface area contributed by atoms with Crippen molar-refractivity contribution in [2.45, 2.75) is 20.3 Å². The first-order chi connectivity index (χ1) is 15.0. The minimum Gasteiger partial charge on any atom is -0.496 e. The zero-order chi connectivity index (χ0) is 22.2. The van der Waals surface area contributed by atoms with Gasteiger partial charge >= 0.3 is 0 Å². The van der Waals surface area contributed by atoms with Crippen molar-refractivity contribution >= 4 is 28.3 Å².